The fraction of sp³-hybridized carbons (Fsp3) is 0.471. The standard InChI is InChI=1S/C17H24O4/c1-12(10-13(2)17(18)20-5)14(3)21-11-15-6-8-16(19-4)9-7-15/h6-10,12,14H,11H2,1-5H3/b13-10+/t12-,14-/m0/s1. The Kier molecular flexibility index (Phi) is 6.96. The van der Waals surface area contributed by atoms with E-state index in [1.165, 1.54) is 7.11 Å². The number of methoxy groups -OCH3 is 2. The summed E-state index contributed by atoms with van der Waals surface area (Å²) in [6.07, 6.45) is 1.89. The van der Waals surface area contributed by atoms with E-state index in [2.05, 4.69) is 4.74 Å². The Morgan fingerprint density at radius 1 is 1.19 bits per heavy atom. The van der Waals surface area contributed by atoms with Gasteiger partial charge in [-0.05, 0) is 31.5 Å². The summed E-state index contributed by atoms with van der Waals surface area (Å²) in [7, 11) is 3.03. The van der Waals surface area contributed by atoms with Crippen LogP contribution in [0.1, 0.15) is 26.3 Å². The SMILES string of the molecule is COC(=O)/C(C)=C/[C@H](C)[C@H](C)OCc1ccc(OC)cc1. The predicted octanol–water partition coefficient (Wildman–Crippen LogP) is 3.36. The van der Waals surface area contributed by atoms with Crippen LogP contribution in [0.5, 0.6) is 5.75 Å². The molecule has 0 saturated carbocycles. The maximum absolute atomic E-state index is 11.4. The van der Waals surface area contributed by atoms with Gasteiger partial charge in [0.05, 0.1) is 26.9 Å². The smallest absolute Gasteiger partial charge is 0.333 e. The number of hydrogen-bond acceptors (Lipinski definition) is 4. The van der Waals surface area contributed by atoms with Crippen LogP contribution in [-0.2, 0) is 20.9 Å². The first kappa shape index (κ1) is 17.2. The number of hydrogen-bond donors (Lipinski definition) is 0. The van der Waals surface area contributed by atoms with Crippen molar-refractivity contribution in [2.24, 2.45) is 5.92 Å². The minimum Gasteiger partial charge on any atom is -0.497 e. The second kappa shape index (κ2) is 8.47. The molecule has 0 heterocycles. The molecular formula is C17H24O4. The van der Waals surface area contributed by atoms with Gasteiger partial charge < -0.3 is 14.2 Å². The van der Waals surface area contributed by atoms with E-state index in [-0.39, 0.29) is 18.0 Å². The number of ether oxygens (including phenoxy) is 3. The summed E-state index contributed by atoms with van der Waals surface area (Å²) < 4.78 is 15.6. The van der Waals surface area contributed by atoms with Crippen molar-refractivity contribution in [3.05, 3.63) is 41.5 Å². The summed E-state index contributed by atoms with van der Waals surface area (Å²) in [5.74, 6) is 0.656. The van der Waals surface area contributed by atoms with E-state index >= 15 is 0 Å². The van der Waals surface area contributed by atoms with Crippen LogP contribution in [-0.4, -0.2) is 26.3 Å². The van der Waals surface area contributed by atoms with Crippen LogP contribution in [0.3, 0.4) is 0 Å². The lowest BCUT2D eigenvalue weighted by Gasteiger charge is -2.18. The Bertz CT molecular complexity index is 476. The van der Waals surface area contributed by atoms with Crippen LogP contribution in [0.25, 0.3) is 0 Å². The van der Waals surface area contributed by atoms with Crippen LogP contribution in [0, 0.1) is 5.92 Å². The monoisotopic (exact) mass is 292 g/mol. The molecule has 0 aliphatic heterocycles. The molecule has 0 aliphatic carbocycles. The van der Waals surface area contributed by atoms with Gasteiger partial charge in [-0.2, -0.15) is 0 Å². The number of carbonyl (C=O) groups is 1. The summed E-state index contributed by atoms with van der Waals surface area (Å²) in [6, 6.07) is 7.78. The van der Waals surface area contributed by atoms with Crippen LogP contribution >= 0.6 is 0 Å². The largest absolute Gasteiger partial charge is 0.497 e. The molecule has 0 fully saturated rings. The van der Waals surface area contributed by atoms with Crippen molar-refractivity contribution in [3.63, 3.8) is 0 Å². The van der Waals surface area contributed by atoms with E-state index in [9.17, 15) is 4.79 Å². The maximum Gasteiger partial charge on any atom is 0.333 e. The van der Waals surface area contributed by atoms with E-state index in [1.54, 1.807) is 14.0 Å². The highest BCUT2D eigenvalue weighted by Gasteiger charge is 2.13. The van der Waals surface area contributed by atoms with E-state index < -0.39 is 0 Å². The molecule has 0 N–H and O–H groups in total. The van der Waals surface area contributed by atoms with Gasteiger partial charge in [0.2, 0.25) is 0 Å². The third-order valence-corrected chi connectivity index (χ3v) is 3.43. The lowest BCUT2D eigenvalue weighted by Crippen LogP contribution is -2.17. The minimum absolute atomic E-state index is 0.00621. The molecule has 1 rings (SSSR count). The molecule has 1 aromatic rings. The highest BCUT2D eigenvalue weighted by molar-refractivity contribution is 5.87. The zero-order valence-electron chi connectivity index (χ0n) is 13.4. The van der Waals surface area contributed by atoms with Crippen molar-refractivity contribution in [1.29, 1.82) is 0 Å². The van der Waals surface area contributed by atoms with Crippen molar-refractivity contribution in [2.75, 3.05) is 14.2 Å². The second-order valence-electron chi connectivity index (χ2n) is 5.06. The molecule has 0 amide bonds. The third-order valence-electron chi connectivity index (χ3n) is 3.43. The molecule has 4 heteroatoms. The topological polar surface area (TPSA) is 44.8 Å². The van der Waals surface area contributed by atoms with Crippen LogP contribution in [0.15, 0.2) is 35.9 Å². The van der Waals surface area contributed by atoms with Crippen LogP contribution in [0.2, 0.25) is 0 Å². The first-order valence-corrected chi connectivity index (χ1v) is 6.99. The van der Waals surface area contributed by atoms with Gasteiger partial charge in [-0.15, -0.1) is 0 Å². The number of esters is 1. The molecule has 0 saturated heterocycles. The van der Waals surface area contributed by atoms with Crippen molar-refractivity contribution in [2.45, 2.75) is 33.5 Å². The highest BCUT2D eigenvalue weighted by Crippen LogP contribution is 2.16. The Hall–Kier alpha value is -1.81. The van der Waals surface area contributed by atoms with Gasteiger partial charge in [0, 0.05) is 11.5 Å². The quantitative estimate of drug-likeness (QED) is 0.571. The summed E-state index contributed by atoms with van der Waals surface area (Å²) >= 11 is 0. The zero-order valence-corrected chi connectivity index (χ0v) is 13.4. The molecule has 0 bridgehead atoms. The van der Waals surface area contributed by atoms with E-state index in [0.29, 0.717) is 12.2 Å². The molecular weight excluding hydrogens is 268 g/mol. The van der Waals surface area contributed by atoms with Gasteiger partial charge in [-0.25, -0.2) is 4.79 Å². The molecule has 0 aromatic heterocycles. The Morgan fingerprint density at radius 2 is 1.81 bits per heavy atom. The van der Waals surface area contributed by atoms with Crippen molar-refractivity contribution >= 4 is 5.97 Å². The lowest BCUT2D eigenvalue weighted by molar-refractivity contribution is -0.136. The van der Waals surface area contributed by atoms with E-state index in [0.717, 1.165) is 11.3 Å². The molecule has 1 aromatic carbocycles. The van der Waals surface area contributed by atoms with Gasteiger partial charge in [0.25, 0.3) is 0 Å². The van der Waals surface area contributed by atoms with Crippen molar-refractivity contribution in [1.82, 2.24) is 0 Å². The molecule has 0 aliphatic rings. The van der Waals surface area contributed by atoms with Crippen LogP contribution in [0.4, 0.5) is 0 Å². The van der Waals surface area contributed by atoms with E-state index in [4.69, 9.17) is 9.47 Å². The fourth-order valence-electron chi connectivity index (χ4n) is 1.86. The second-order valence-corrected chi connectivity index (χ2v) is 5.06. The first-order valence-electron chi connectivity index (χ1n) is 6.99. The zero-order chi connectivity index (χ0) is 15.8. The van der Waals surface area contributed by atoms with Crippen molar-refractivity contribution < 1.29 is 19.0 Å². The van der Waals surface area contributed by atoms with E-state index in [1.807, 2.05) is 44.2 Å². The molecule has 116 valence electrons. The molecule has 0 unspecified atom stereocenters. The van der Waals surface area contributed by atoms with Gasteiger partial charge >= 0.3 is 5.97 Å². The average Bonchev–Trinajstić information content (AvgIpc) is 2.51. The molecule has 0 radical (unpaired) electrons. The third kappa shape index (κ3) is 5.60. The predicted molar refractivity (Wildman–Crippen MR) is 82.2 cm³/mol. The van der Waals surface area contributed by atoms with Crippen LogP contribution < -0.4 is 4.74 Å². The lowest BCUT2D eigenvalue weighted by atomic mass is 10.0. The van der Waals surface area contributed by atoms with Gasteiger partial charge in [-0.3, -0.25) is 0 Å². The normalized spacial score (nSPS) is 14.4. The summed E-state index contributed by atoms with van der Waals surface area (Å²) in [5, 5.41) is 0. The van der Waals surface area contributed by atoms with Gasteiger partial charge in [-0.1, -0.05) is 25.1 Å². The first-order chi connectivity index (χ1) is 9.97. The summed E-state index contributed by atoms with van der Waals surface area (Å²) in [5.41, 5.74) is 1.69. The maximum atomic E-state index is 11.4. The van der Waals surface area contributed by atoms with Gasteiger partial charge in [0.1, 0.15) is 5.75 Å². The van der Waals surface area contributed by atoms with Crippen molar-refractivity contribution in [3.8, 4) is 5.75 Å². The average molecular weight is 292 g/mol. The van der Waals surface area contributed by atoms with Gasteiger partial charge in [0.15, 0.2) is 0 Å². The number of carbonyl (C=O) groups excluding carboxylic acids is 1. The number of rotatable bonds is 7. The molecule has 2 atom stereocenters. The molecule has 0 spiro atoms. The summed E-state index contributed by atoms with van der Waals surface area (Å²) in [6.45, 7) is 6.29. The Labute approximate surface area is 126 Å². The number of benzene rings is 1. The molecule has 4 nitrogen and oxygen atoms in total. The minimum atomic E-state index is -0.302. The fourth-order valence-corrected chi connectivity index (χ4v) is 1.86. The Balaban J connectivity index is 2.52. The molecule has 21 heavy (non-hydrogen) atoms. The Morgan fingerprint density at radius 3 is 2.33 bits per heavy atom. The summed E-state index contributed by atoms with van der Waals surface area (Å²) in [4.78, 5) is 11.4. The highest BCUT2D eigenvalue weighted by atomic mass is 16.5.